The largest absolute Gasteiger partial charge is 0.0533 e. The third kappa shape index (κ3) is 9.24. The zero-order chi connectivity index (χ0) is 11.3. The Morgan fingerprint density at radius 1 is 0.125 bits per heavy atom. The topological polar surface area (TPSA) is 0 Å². The monoisotopic (exact) mass is 224 g/mol. The Labute approximate surface area is 103 Å². The first-order chi connectivity index (χ1) is 8.00. The maximum absolute atomic E-state index is 1.50. The van der Waals surface area contributed by atoms with Gasteiger partial charge >= 0.3 is 0 Å². The Hall–Kier alpha value is 0. The quantitative estimate of drug-likeness (QED) is 0.457. The maximum atomic E-state index is 1.50. The molecule has 4 aliphatic rings. The van der Waals surface area contributed by atoms with Crippen LogP contribution in [0.4, 0.5) is 0 Å². The van der Waals surface area contributed by atoms with Gasteiger partial charge in [0.25, 0.3) is 0 Å². The minimum absolute atomic E-state index is 1.50. The first kappa shape index (κ1) is 14.1. The molecule has 0 atom stereocenters. The molecule has 0 radical (unpaired) electrons. The molecular formula is C16H32. The van der Waals surface area contributed by atoms with Crippen LogP contribution in [0.3, 0.4) is 0 Å². The lowest BCUT2D eigenvalue weighted by atomic mass is 10.0. The van der Waals surface area contributed by atoms with E-state index in [1.54, 1.807) is 0 Å². The van der Waals surface area contributed by atoms with Crippen LogP contribution in [0.5, 0.6) is 0 Å². The van der Waals surface area contributed by atoms with Crippen LogP contribution in [0.2, 0.25) is 0 Å². The second-order valence-electron chi connectivity index (χ2n) is 5.66. The molecule has 0 saturated heterocycles. The fourth-order valence-electron chi connectivity index (χ4n) is 1.000. The molecule has 0 bridgehead atoms. The highest BCUT2D eigenvalue weighted by atomic mass is 14.0. The summed E-state index contributed by atoms with van der Waals surface area (Å²) in [5.41, 5.74) is 0. The first-order valence-corrected chi connectivity index (χ1v) is 8.00. The predicted octanol–water partition coefficient (Wildman–Crippen LogP) is 6.24. The average molecular weight is 224 g/mol. The van der Waals surface area contributed by atoms with E-state index in [1.807, 2.05) is 0 Å². The summed E-state index contributed by atoms with van der Waals surface area (Å²) in [6.07, 6.45) is 24.0. The summed E-state index contributed by atoms with van der Waals surface area (Å²) in [6.45, 7) is 0. The van der Waals surface area contributed by atoms with Gasteiger partial charge in [0.05, 0.1) is 0 Å². The molecule has 0 aromatic carbocycles. The molecule has 96 valence electrons. The van der Waals surface area contributed by atoms with Crippen LogP contribution in [0.15, 0.2) is 0 Å². The minimum atomic E-state index is 1.50. The molecule has 0 aromatic heterocycles. The van der Waals surface area contributed by atoms with Crippen molar-refractivity contribution in [1.29, 1.82) is 0 Å². The average Bonchev–Trinajstić information content (AvgIpc) is 1.62. The second kappa shape index (κ2) is 11.5. The molecule has 0 N–H and O–H groups in total. The van der Waals surface area contributed by atoms with Crippen molar-refractivity contribution in [3.63, 3.8) is 0 Å². The molecule has 0 heterocycles. The van der Waals surface area contributed by atoms with Crippen LogP contribution in [-0.2, 0) is 0 Å². The van der Waals surface area contributed by atoms with Gasteiger partial charge in [-0.05, 0) is 0 Å². The van der Waals surface area contributed by atoms with Crippen molar-refractivity contribution in [3.8, 4) is 0 Å². The summed E-state index contributed by atoms with van der Waals surface area (Å²) in [4.78, 5) is 0. The van der Waals surface area contributed by atoms with Gasteiger partial charge in [-0.1, -0.05) is 103 Å². The highest BCUT2D eigenvalue weighted by Gasteiger charge is 1.96. The van der Waals surface area contributed by atoms with E-state index >= 15 is 0 Å². The van der Waals surface area contributed by atoms with Crippen molar-refractivity contribution in [2.45, 2.75) is 103 Å². The van der Waals surface area contributed by atoms with E-state index in [0.29, 0.717) is 0 Å². The van der Waals surface area contributed by atoms with Gasteiger partial charge in [-0.15, -0.1) is 0 Å². The first-order valence-electron chi connectivity index (χ1n) is 8.00. The van der Waals surface area contributed by atoms with Crippen molar-refractivity contribution in [2.75, 3.05) is 0 Å². The normalized spacial score (nSPS) is 24.0. The fourth-order valence-corrected chi connectivity index (χ4v) is 1.000. The number of rotatable bonds is 0. The summed E-state index contributed by atoms with van der Waals surface area (Å²) < 4.78 is 0. The van der Waals surface area contributed by atoms with E-state index in [-0.39, 0.29) is 0 Å². The number of hydrogen-bond acceptors (Lipinski definition) is 0. The van der Waals surface area contributed by atoms with Gasteiger partial charge < -0.3 is 0 Å². The molecule has 0 aromatic rings. The van der Waals surface area contributed by atoms with Gasteiger partial charge in [0.15, 0.2) is 0 Å². The summed E-state index contributed by atoms with van der Waals surface area (Å²) in [7, 11) is 0. The summed E-state index contributed by atoms with van der Waals surface area (Å²) in [5.74, 6) is 0. The molecule has 0 heteroatoms. The van der Waals surface area contributed by atoms with Crippen molar-refractivity contribution < 1.29 is 0 Å². The summed E-state index contributed by atoms with van der Waals surface area (Å²) >= 11 is 0. The smallest absolute Gasteiger partial charge is 0.0533 e. The molecule has 16 heavy (non-hydrogen) atoms. The molecule has 0 nitrogen and oxygen atoms in total. The SMILES string of the molecule is C1CCC1.C1CCC1.C1CCC1.C1CCC1. The number of hydrogen-bond donors (Lipinski definition) is 0. The van der Waals surface area contributed by atoms with Gasteiger partial charge in [0.1, 0.15) is 0 Å². The summed E-state index contributed by atoms with van der Waals surface area (Å²) in [6, 6.07) is 0. The molecule has 4 fully saturated rings. The van der Waals surface area contributed by atoms with E-state index in [2.05, 4.69) is 0 Å². The van der Waals surface area contributed by atoms with Crippen molar-refractivity contribution in [1.82, 2.24) is 0 Å². The Balaban J connectivity index is 0.000000107. The molecule has 4 rings (SSSR count). The Bertz CT molecular complexity index is 64.0. The molecular weight excluding hydrogens is 192 g/mol. The predicted molar refractivity (Wildman–Crippen MR) is 73.9 cm³/mol. The molecule has 0 unspecified atom stereocenters. The lowest BCUT2D eigenvalue weighted by Crippen LogP contribution is -1.85. The zero-order valence-electron chi connectivity index (χ0n) is 11.3. The molecule has 0 amide bonds. The van der Waals surface area contributed by atoms with Crippen molar-refractivity contribution in [3.05, 3.63) is 0 Å². The fraction of sp³-hybridized carbons (Fsp3) is 1.00. The Morgan fingerprint density at radius 3 is 0.188 bits per heavy atom. The Morgan fingerprint density at radius 2 is 0.188 bits per heavy atom. The van der Waals surface area contributed by atoms with Crippen LogP contribution in [0, 0.1) is 0 Å². The van der Waals surface area contributed by atoms with E-state index < -0.39 is 0 Å². The molecule has 0 aliphatic heterocycles. The van der Waals surface area contributed by atoms with Crippen LogP contribution < -0.4 is 0 Å². The maximum Gasteiger partial charge on any atom is -0.0533 e. The van der Waals surface area contributed by atoms with Gasteiger partial charge in [-0.25, -0.2) is 0 Å². The van der Waals surface area contributed by atoms with Crippen LogP contribution in [0.25, 0.3) is 0 Å². The third-order valence-electron chi connectivity index (χ3n) is 4.00. The van der Waals surface area contributed by atoms with Gasteiger partial charge in [-0.2, -0.15) is 0 Å². The van der Waals surface area contributed by atoms with Gasteiger partial charge in [0.2, 0.25) is 0 Å². The van der Waals surface area contributed by atoms with E-state index in [9.17, 15) is 0 Å². The highest BCUT2D eigenvalue weighted by molar-refractivity contribution is 4.52. The standard InChI is InChI=1S/4C4H8/c4*1-2-4-3-1/h4*1-4H2. The minimum Gasteiger partial charge on any atom is -0.0533 e. The van der Waals surface area contributed by atoms with Gasteiger partial charge in [0, 0.05) is 0 Å². The van der Waals surface area contributed by atoms with E-state index in [1.165, 1.54) is 103 Å². The van der Waals surface area contributed by atoms with E-state index in [4.69, 9.17) is 0 Å². The summed E-state index contributed by atoms with van der Waals surface area (Å²) in [5, 5.41) is 0. The second-order valence-corrected chi connectivity index (χ2v) is 5.66. The molecule has 4 aliphatic carbocycles. The van der Waals surface area contributed by atoms with Crippen molar-refractivity contribution in [2.24, 2.45) is 0 Å². The molecule has 0 spiro atoms. The lowest BCUT2D eigenvalue weighted by Gasteiger charge is -2.05. The third-order valence-corrected chi connectivity index (χ3v) is 4.00. The van der Waals surface area contributed by atoms with Crippen LogP contribution in [0.1, 0.15) is 103 Å². The zero-order valence-corrected chi connectivity index (χ0v) is 11.3. The highest BCUT2D eigenvalue weighted by Crippen LogP contribution is 2.16. The lowest BCUT2D eigenvalue weighted by molar-refractivity contribution is 0.504. The molecule has 4 saturated carbocycles. The van der Waals surface area contributed by atoms with Crippen LogP contribution >= 0.6 is 0 Å². The van der Waals surface area contributed by atoms with Crippen LogP contribution in [-0.4, -0.2) is 0 Å². The van der Waals surface area contributed by atoms with Crippen molar-refractivity contribution >= 4 is 0 Å². The Kier molecular flexibility index (Phi) is 10.1. The van der Waals surface area contributed by atoms with E-state index in [0.717, 1.165) is 0 Å². The van der Waals surface area contributed by atoms with Gasteiger partial charge in [-0.3, -0.25) is 0 Å².